The summed E-state index contributed by atoms with van der Waals surface area (Å²) in [6, 6.07) is 19.5. The van der Waals surface area contributed by atoms with Crippen molar-refractivity contribution in [2.45, 2.75) is 56.9 Å². The van der Waals surface area contributed by atoms with Crippen LogP contribution in [0, 0.1) is 11.8 Å². The van der Waals surface area contributed by atoms with Gasteiger partial charge in [-0.25, -0.2) is 0 Å². The van der Waals surface area contributed by atoms with E-state index in [4.69, 9.17) is 0 Å². The second-order valence-corrected chi connectivity index (χ2v) is 11.2. The fourth-order valence-corrected chi connectivity index (χ4v) is 6.92. The van der Waals surface area contributed by atoms with Crippen molar-refractivity contribution in [1.82, 2.24) is 9.80 Å². The molecule has 4 aliphatic rings. The molecule has 2 aromatic carbocycles. The van der Waals surface area contributed by atoms with Crippen molar-refractivity contribution < 1.29 is 4.79 Å². The van der Waals surface area contributed by atoms with E-state index in [1.165, 1.54) is 42.5 Å². The Bertz CT molecular complexity index is 1130. The van der Waals surface area contributed by atoms with Crippen molar-refractivity contribution in [3.8, 4) is 0 Å². The zero-order chi connectivity index (χ0) is 23.8. The molecule has 3 nitrogen and oxygen atoms in total. The van der Waals surface area contributed by atoms with E-state index < -0.39 is 0 Å². The monoisotopic (exact) mass is 466 g/mol. The highest BCUT2D eigenvalue weighted by Crippen LogP contribution is 2.52. The van der Waals surface area contributed by atoms with Gasteiger partial charge >= 0.3 is 0 Å². The maximum absolute atomic E-state index is 14.5. The van der Waals surface area contributed by atoms with Crippen LogP contribution in [0.5, 0.6) is 0 Å². The Balaban J connectivity index is 1.31. The van der Waals surface area contributed by atoms with Gasteiger partial charge in [0.25, 0.3) is 0 Å². The zero-order valence-electron chi connectivity index (χ0n) is 21.0. The molecule has 182 valence electrons. The van der Waals surface area contributed by atoms with Gasteiger partial charge in [-0.15, -0.1) is 0 Å². The summed E-state index contributed by atoms with van der Waals surface area (Å²) in [6.07, 6.45) is 12.8. The number of benzene rings is 2. The molecule has 2 fully saturated rings. The molecule has 0 aromatic heterocycles. The van der Waals surface area contributed by atoms with Crippen molar-refractivity contribution in [2.75, 3.05) is 26.2 Å². The third kappa shape index (κ3) is 4.29. The lowest BCUT2D eigenvalue weighted by Crippen LogP contribution is -2.54. The van der Waals surface area contributed by atoms with E-state index in [1.807, 2.05) is 0 Å². The quantitative estimate of drug-likeness (QED) is 0.515. The third-order valence-corrected chi connectivity index (χ3v) is 9.02. The molecule has 1 saturated heterocycles. The number of carbonyl (C=O) groups excluding carboxylic acids is 1. The van der Waals surface area contributed by atoms with E-state index in [-0.39, 0.29) is 11.3 Å². The van der Waals surface area contributed by atoms with Crippen LogP contribution >= 0.6 is 0 Å². The molecule has 0 N–H and O–H groups in total. The SMILES string of the molecule is CCCCN1CCC2(CC1)CN(C(=O)C(C1=CC=CC3CC13)c1ccccc1)Cc1ccccc12. The Morgan fingerprint density at radius 2 is 1.83 bits per heavy atom. The van der Waals surface area contributed by atoms with Crippen molar-refractivity contribution in [3.63, 3.8) is 0 Å². The number of allylic oxidation sites excluding steroid dienone is 3. The van der Waals surface area contributed by atoms with Crippen LogP contribution in [0.15, 0.2) is 78.4 Å². The van der Waals surface area contributed by atoms with Crippen molar-refractivity contribution in [2.24, 2.45) is 11.8 Å². The van der Waals surface area contributed by atoms with Crippen LogP contribution in [0.2, 0.25) is 0 Å². The van der Waals surface area contributed by atoms with Gasteiger partial charge in [0.1, 0.15) is 0 Å². The summed E-state index contributed by atoms with van der Waals surface area (Å²) in [7, 11) is 0. The number of unbranched alkanes of at least 4 members (excludes halogenated alkanes) is 1. The first-order chi connectivity index (χ1) is 17.2. The van der Waals surface area contributed by atoms with Crippen LogP contribution in [-0.2, 0) is 16.8 Å². The molecule has 35 heavy (non-hydrogen) atoms. The fourth-order valence-electron chi connectivity index (χ4n) is 6.92. The number of hydrogen-bond donors (Lipinski definition) is 0. The molecule has 2 aromatic rings. The summed E-state index contributed by atoms with van der Waals surface area (Å²) in [4.78, 5) is 19.3. The molecule has 2 aliphatic carbocycles. The van der Waals surface area contributed by atoms with Crippen LogP contribution in [0.1, 0.15) is 61.6 Å². The molecule has 6 rings (SSSR count). The molecule has 1 amide bonds. The molecule has 2 aliphatic heterocycles. The average molecular weight is 467 g/mol. The standard InChI is InChI=1S/C32H38N2O/c1-2-3-18-33-19-16-32(17-20-33)23-34(22-26-12-7-8-15-29(26)32)31(35)30(24-10-5-4-6-11-24)27-14-9-13-25-21-28(25)27/h4-15,25,28,30H,2-3,16-23H2,1H3. The van der Waals surface area contributed by atoms with Crippen LogP contribution in [-0.4, -0.2) is 41.9 Å². The number of rotatable bonds is 6. The summed E-state index contributed by atoms with van der Waals surface area (Å²) in [5, 5.41) is 0. The second-order valence-electron chi connectivity index (χ2n) is 11.2. The largest absolute Gasteiger partial charge is 0.337 e. The van der Waals surface area contributed by atoms with E-state index in [2.05, 4.69) is 89.5 Å². The molecule has 0 radical (unpaired) electrons. The Kier molecular flexibility index (Phi) is 6.14. The molecule has 1 saturated carbocycles. The first-order valence-corrected chi connectivity index (χ1v) is 13.7. The summed E-state index contributed by atoms with van der Waals surface area (Å²) in [5.41, 5.74) is 5.40. The second kappa shape index (κ2) is 9.43. The first-order valence-electron chi connectivity index (χ1n) is 13.7. The predicted octanol–water partition coefficient (Wildman–Crippen LogP) is 6.08. The summed E-state index contributed by atoms with van der Waals surface area (Å²) >= 11 is 0. The van der Waals surface area contributed by atoms with Gasteiger partial charge in [-0.05, 0) is 79.4 Å². The molecule has 3 unspecified atom stereocenters. The van der Waals surface area contributed by atoms with Crippen molar-refractivity contribution in [1.29, 1.82) is 0 Å². The summed E-state index contributed by atoms with van der Waals surface area (Å²) in [6.45, 7) is 7.34. The number of hydrogen-bond acceptors (Lipinski definition) is 2. The normalized spacial score (nSPS) is 25.5. The van der Waals surface area contributed by atoms with Gasteiger partial charge in [0.05, 0.1) is 5.92 Å². The number of fused-ring (bicyclic) bond motifs is 3. The summed E-state index contributed by atoms with van der Waals surface area (Å²) in [5.74, 6) is 1.31. The fraction of sp³-hybridized carbons (Fsp3) is 0.469. The molecule has 3 atom stereocenters. The van der Waals surface area contributed by atoms with Gasteiger partial charge in [-0.2, -0.15) is 0 Å². The van der Waals surface area contributed by atoms with E-state index in [9.17, 15) is 4.79 Å². The highest BCUT2D eigenvalue weighted by atomic mass is 16.2. The molecule has 3 heteroatoms. The van der Waals surface area contributed by atoms with Crippen LogP contribution in [0.25, 0.3) is 0 Å². The van der Waals surface area contributed by atoms with Crippen LogP contribution in [0.3, 0.4) is 0 Å². The Hall–Kier alpha value is -2.65. The first kappa shape index (κ1) is 22.8. The van der Waals surface area contributed by atoms with Gasteiger partial charge in [0.15, 0.2) is 0 Å². The lowest BCUT2D eigenvalue weighted by molar-refractivity contribution is -0.134. The maximum Gasteiger partial charge on any atom is 0.234 e. The minimum Gasteiger partial charge on any atom is -0.337 e. The number of amides is 1. The van der Waals surface area contributed by atoms with E-state index in [1.54, 1.807) is 0 Å². The number of nitrogens with zero attached hydrogens (tertiary/aromatic N) is 2. The number of piperidine rings is 1. The van der Waals surface area contributed by atoms with Gasteiger partial charge in [0.2, 0.25) is 5.91 Å². The van der Waals surface area contributed by atoms with E-state index >= 15 is 0 Å². The minimum atomic E-state index is -0.164. The van der Waals surface area contributed by atoms with Crippen molar-refractivity contribution in [3.05, 3.63) is 95.1 Å². The smallest absolute Gasteiger partial charge is 0.234 e. The van der Waals surface area contributed by atoms with E-state index in [0.717, 1.165) is 44.6 Å². The van der Waals surface area contributed by atoms with Crippen molar-refractivity contribution >= 4 is 5.91 Å². The zero-order valence-corrected chi connectivity index (χ0v) is 21.0. The van der Waals surface area contributed by atoms with Gasteiger partial charge in [-0.3, -0.25) is 4.79 Å². The Morgan fingerprint density at radius 1 is 1.06 bits per heavy atom. The average Bonchev–Trinajstić information content (AvgIpc) is 3.70. The molecule has 2 heterocycles. The minimum absolute atomic E-state index is 0.0808. The van der Waals surface area contributed by atoms with Gasteiger partial charge in [0, 0.05) is 18.5 Å². The van der Waals surface area contributed by atoms with Crippen LogP contribution in [0.4, 0.5) is 0 Å². The topological polar surface area (TPSA) is 23.6 Å². The van der Waals surface area contributed by atoms with Crippen LogP contribution < -0.4 is 0 Å². The number of carbonyl (C=O) groups is 1. The third-order valence-electron chi connectivity index (χ3n) is 9.02. The predicted molar refractivity (Wildman–Crippen MR) is 142 cm³/mol. The van der Waals surface area contributed by atoms with Gasteiger partial charge < -0.3 is 9.80 Å². The Morgan fingerprint density at radius 3 is 2.63 bits per heavy atom. The molecule has 1 spiro atoms. The Labute approximate surface area is 210 Å². The number of likely N-dealkylation sites (tertiary alicyclic amines) is 1. The molecular formula is C32H38N2O. The summed E-state index contributed by atoms with van der Waals surface area (Å²) < 4.78 is 0. The lowest BCUT2D eigenvalue weighted by atomic mass is 9.68. The van der Waals surface area contributed by atoms with E-state index in [0.29, 0.717) is 17.7 Å². The molecule has 0 bridgehead atoms. The maximum atomic E-state index is 14.5. The lowest BCUT2D eigenvalue weighted by Gasteiger charge is -2.49. The highest BCUT2D eigenvalue weighted by Gasteiger charge is 2.47. The van der Waals surface area contributed by atoms with Gasteiger partial charge in [-0.1, -0.05) is 86.2 Å². The highest BCUT2D eigenvalue weighted by molar-refractivity contribution is 5.88. The molecular weight excluding hydrogens is 428 g/mol.